The topological polar surface area (TPSA) is 49.3 Å². The summed E-state index contributed by atoms with van der Waals surface area (Å²) < 4.78 is 10.9. The van der Waals surface area contributed by atoms with Gasteiger partial charge in [0.15, 0.2) is 5.96 Å². The summed E-state index contributed by atoms with van der Waals surface area (Å²) in [5.41, 5.74) is 2.71. The number of hydrogen-bond acceptors (Lipinski definition) is 4. The van der Waals surface area contributed by atoms with Gasteiger partial charge in [0.25, 0.3) is 0 Å². The van der Waals surface area contributed by atoms with Gasteiger partial charge in [-0.15, -0.1) is 24.0 Å². The van der Waals surface area contributed by atoms with Crippen LogP contribution in [-0.2, 0) is 22.6 Å². The predicted octanol–water partition coefficient (Wildman–Crippen LogP) is 2.18. The van der Waals surface area contributed by atoms with Crippen LogP contribution >= 0.6 is 24.0 Å². The van der Waals surface area contributed by atoms with Crippen LogP contribution in [0.15, 0.2) is 29.3 Å². The summed E-state index contributed by atoms with van der Waals surface area (Å²) in [6.45, 7) is 8.20. The first kappa shape index (κ1) is 22.4. The highest BCUT2D eigenvalue weighted by Gasteiger charge is 2.19. The predicted molar refractivity (Wildman–Crippen MR) is 120 cm³/mol. The van der Waals surface area contributed by atoms with E-state index in [9.17, 15) is 0 Å². The molecular formula is C20H33IN4O2. The van der Waals surface area contributed by atoms with Gasteiger partial charge in [-0.3, -0.25) is 9.89 Å². The van der Waals surface area contributed by atoms with Crippen molar-refractivity contribution in [2.45, 2.75) is 19.5 Å². The zero-order valence-corrected chi connectivity index (χ0v) is 18.9. The quantitative estimate of drug-likeness (QED) is 0.378. The van der Waals surface area contributed by atoms with E-state index in [0.717, 1.165) is 71.5 Å². The van der Waals surface area contributed by atoms with Gasteiger partial charge in [0, 0.05) is 59.3 Å². The lowest BCUT2D eigenvalue weighted by Crippen LogP contribution is -2.41. The first-order chi connectivity index (χ1) is 12.8. The minimum atomic E-state index is 0. The second-order valence-electron chi connectivity index (χ2n) is 7.17. The lowest BCUT2D eigenvalue weighted by molar-refractivity contribution is 0.0341. The van der Waals surface area contributed by atoms with E-state index in [1.54, 1.807) is 0 Å². The van der Waals surface area contributed by atoms with Gasteiger partial charge in [-0.2, -0.15) is 0 Å². The van der Waals surface area contributed by atoms with Crippen LogP contribution < -0.4 is 5.32 Å². The minimum absolute atomic E-state index is 0. The molecule has 0 aliphatic carbocycles. The molecule has 1 aromatic rings. The average Bonchev–Trinajstić information content (AvgIpc) is 3.17. The molecule has 2 aliphatic rings. The summed E-state index contributed by atoms with van der Waals surface area (Å²) in [6.07, 6.45) is 1.14. The third-order valence-corrected chi connectivity index (χ3v) is 5.18. The number of halogens is 1. The van der Waals surface area contributed by atoms with Gasteiger partial charge < -0.3 is 19.7 Å². The fraction of sp³-hybridized carbons (Fsp3) is 0.650. The SMILES string of the molecule is CN=C(NCc1ccccc1CN1CCOCC1)N(C)CC1CCOC1.I. The Hall–Kier alpha value is -0.900. The van der Waals surface area contributed by atoms with Gasteiger partial charge in [0.1, 0.15) is 0 Å². The monoisotopic (exact) mass is 488 g/mol. The average molecular weight is 488 g/mol. The van der Waals surface area contributed by atoms with Crippen LogP contribution in [-0.4, -0.2) is 75.9 Å². The molecule has 27 heavy (non-hydrogen) atoms. The Balaban J connectivity index is 0.00000261. The van der Waals surface area contributed by atoms with Crippen molar-refractivity contribution in [2.24, 2.45) is 10.9 Å². The molecule has 3 rings (SSSR count). The lowest BCUT2D eigenvalue weighted by Gasteiger charge is -2.28. The molecule has 7 heteroatoms. The number of nitrogens with zero attached hydrogens (tertiary/aromatic N) is 3. The fourth-order valence-electron chi connectivity index (χ4n) is 3.64. The zero-order chi connectivity index (χ0) is 18.2. The van der Waals surface area contributed by atoms with Crippen molar-refractivity contribution in [2.75, 3.05) is 60.2 Å². The van der Waals surface area contributed by atoms with E-state index in [0.29, 0.717) is 5.92 Å². The van der Waals surface area contributed by atoms with Gasteiger partial charge in [-0.25, -0.2) is 0 Å². The molecule has 2 fully saturated rings. The number of ether oxygens (including phenoxy) is 2. The maximum absolute atomic E-state index is 5.49. The summed E-state index contributed by atoms with van der Waals surface area (Å²) in [6, 6.07) is 8.68. The van der Waals surface area contributed by atoms with E-state index in [2.05, 4.69) is 51.4 Å². The van der Waals surface area contributed by atoms with Crippen molar-refractivity contribution in [3.63, 3.8) is 0 Å². The Bertz CT molecular complexity index is 587. The van der Waals surface area contributed by atoms with Gasteiger partial charge in [-0.1, -0.05) is 24.3 Å². The van der Waals surface area contributed by atoms with E-state index in [-0.39, 0.29) is 24.0 Å². The van der Waals surface area contributed by atoms with Crippen molar-refractivity contribution >= 4 is 29.9 Å². The van der Waals surface area contributed by atoms with Gasteiger partial charge in [0.05, 0.1) is 19.8 Å². The molecule has 0 amide bonds. The Morgan fingerprint density at radius 2 is 1.93 bits per heavy atom. The number of benzene rings is 1. The number of aliphatic imine (C=N–C) groups is 1. The van der Waals surface area contributed by atoms with Crippen molar-refractivity contribution in [1.29, 1.82) is 0 Å². The summed E-state index contributed by atoms with van der Waals surface area (Å²) >= 11 is 0. The molecule has 1 aromatic carbocycles. The van der Waals surface area contributed by atoms with Crippen molar-refractivity contribution in [3.05, 3.63) is 35.4 Å². The summed E-state index contributed by atoms with van der Waals surface area (Å²) in [5.74, 6) is 1.55. The molecule has 2 heterocycles. The molecule has 2 aliphatic heterocycles. The highest BCUT2D eigenvalue weighted by Crippen LogP contribution is 2.15. The second kappa shape index (κ2) is 11.8. The second-order valence-corrected chi connectivity index (χ2v) is 7.17. The van der Waals surface area contributed by atoms with E-state index in [4.69, 9.17) is 9.47 Å². The molecule has 152 valence electrons. The fourth-order valence-corrected chi connectivity index (χ4v) is 3.64. The molecule has 2 saturated heterocycles. The molecular weight excluding hydrogens is 455 g/mol. The van der Waals surface area contributed by atoms with E-state index in [1.807, 2.05) is 7.05 Å². The highest BCUT2D eigenvalue weighted by molar-refractivity contribution is 14.0. The van der Waals surface area contributed by atoms with Crippen LogP contribution in [0, 0.1) is 5.92 Å². The molecule has 0 bridgehead atoms. The molecule has 0 radical (unpaired) electrons. The lowest BCUT2D eigenvalue weighted by atomic mass is 10.1. The molecule has 0 saturated carbocycles. The van der Waals surface area contributed by atoms with Crippen molar-refractivity contribution < 1.29 is 9.47 Å². The van der Waals surface area contributed by atoms with Crippen molar-refractivity contribution in [3.8, 4) is 0 Å². The molecule has 6 nitrogen and oxygen atoms in total. The van der Waals surface area contributed by atoms with Crippen LogP contribution in [0.3, 0.4) is 0 Å². The molecule has 1 N–H and O–H groups in total. The maximum Gasteiger partial charge on any atom is 0.193 e. The summed E-state index contributed by atoms with van der Waals surface area (Å²) in [4.78, 5) is 9.13. The third kappa shape index (κ3) is 6.89. The van der Waals surface area contributed by atoms with E-state index >= 15 is 0 Å². The number of rotatable bonds is 6. The Labute approximate surface area is 180 Å². The van der Waals surface area contributed by atoms with Gasteiger partial charge >= 0.3 is 0 Å². The van der Waals surface area contributed by atoms with Crippen LogP contribution in [0.5, 0.6) is 0 Å². The van der Waals surface area contributed by atoms with Crippen LogP contribution in [0.1, 0.15) is 17.5 Å². The van der Waals surface area contributed by atoms with Gasteiger partial charge in [-0.05, 0) is 17.5 Å². The van der Waals surface area contributed by atoms with Crippen LogP contribution in [0.4, 0.5) is 0 Å². The Morgan fingerprint density at radius 3 is 2.59 bits per heavy atom. The molecule has 0 aromatic heterocycles. The number of morpholine rings is 1. The Morgan fingerprint density at radius 1 is 1.19 bits per heavy atom. The summed E-state index contributed by atoms with van der Waals surface area (Å²) in [5, 5.41) is 3.53. The molecule has 1 atom stereocenters. The number of guanidine groups is 1. The first-order valence-electron chi connectivity index (χ1n) is 9.62. The number of hydrogen-bond donors (Lipinski definition) is 1. The first-order valence-corrected chi connectivity index (χ1v) is 9.62. The third-order valence-electron chi connectivity index (χ3n) is 5.18. The number of nitrogens with one attached hydrogen (secondary N) is 1. The van der Waals surface area contributed by atoms with Crippen LogP contribution in [0.25, 0.3) is 0 Å². The largest absolute Gasteiger partial charge is 0.381 e. The van der Waals surface area contributed by atoms with E-state index < -0.39 is 0 Å². The molecule has 1 unspecified atom stereocenters. The summed E-state index contributed by atoms with van der Waals surface area (Å²) in [7, 11) is 3.96. The van der Waals surface area contributed by atoms with Crippen LogP contribution in [0.2, 0.25) is 0 Å². The normalized spacial score (nSPS) is 21.0. The molecule has 0 spiro atoms. The van der Waals surface area contributed by atoms with E-state index in [1.165, 1.54) is 11.1 Å². The van der Waals surface area contributed by atoms with Crippen molar-refractivity contribution in [1.82, 2.24) is 15.1 Å². The standard InChI is InChI=1S/C20H32N4O2.HI/c1-21-20(23(2)14-17-7-10-26-16-17)22-13-18-5-3-4-6-19(18)15-24-8-11-25-12-9-24;/h3-6,17H,7-16H2,1-2H3,(H,21,22);1H. The maximum atomic E-state index is 5.49. The smallest absolute Gasteiger partial charge is 0.193 e. The Kier molecular flexibility index (Phi) is 9.81. The van der Waals surface area contributed by atoms with Gasteiger partial charge in [0.2, 0.25) is 0 Å². The highest BCUT2D eigenvalue weighted by atomic mass is 127. The minimum Gasteiger partial charge on any atom is -0.381 e. The zero-order valence-electron chi connectivity index (χ0n) is 16.5.